The molecule has 0 aliphatic heterocycles. The molecule has 1 aromatic carbocycles. The molecule has 1 amide bonds. The molecule has 2 aromatic rings. The first-order chi connectivity index (χ1) is 12.0. The van der Waals surface area contributed by atoms with Gasteiger partial charge in [0.1, 0.15) is 18.1 Å². The molecule has 0 atom stereocenters. The highest BCUT2D eigenvalue weighted by Crippen LogP contribution is 2.18. The Bertz CT molecular complexity index is 702. The number of hydrogen-bond acceptors (Lipinski definition) is 6. The molecule has 0 spiro atoms. The van der Waals surface area contributed by atoms with Crippen LogP contribution in [0, 0.1) is 13.8 Å². The van der Waals surface area contributed by atoms with Gasteiger partial charge in [-0.15, -0.1) is 0 Å². The van der Waals surface area contributed by atoms with E-state index in [1.165, 1.54) is 0 Å². The number of amides is 1. The van der Waals surface area contributed by atoms with Gasteiger partial charge in [-0.05, 0) is 38.5 Å². The SMILES string of the molecule is CCNC(=O)COC(=O)Cc1ccc(OCc2c(C)noc2C)cc1. The minimum absolute atomic E-state index is 0.101. The van der Waals surface area contributed by atoms with Gasteiger partial charge < -0.3 is 19.3 Å². The summed E-state index contributed by atoms with van der Waals surface area (Å²) in [4.78, 5) is 23.0. The molecule has 0 bridgehead atoms. The third kappa shape index (κ3) is 5.63. The van der Waals surface area contributed by atoms with Gasteiger partial charge in [-0.3, -0.25) is 9.59 Å². The molecule has 134 valence electrons. The lowest BCUT2D eigenvalue weighted by molar-refractivity contribution is -0.147. The fourth-order valence-electron chi connectivity index (χ4n) is 2.18. The summed E-state index contributed by atoms with van der Waals surface area (Å²) in [6.07, 6.45) is 0.101. The number of hydrogen-bond donors (Lipinski definition) is 1. The number of carbonyl (C=O) groups excluding carboxylic acids is 2. The van der Waals surface area contributed by atoms with E-state index in [1.807, 2.05) is 13.8 Å². The van der Waals surface area contributed by atoms with E-state index in [0.29, 0.717) is 18.9 Å². The highest BCUT2D eigenvalue weighted by molar-refractivity contribution is 5.81. The van der Waals surface area contributed by atoms with E-state index in [9.17, 15) is 9.59 Å². The number of likely N-dealkylation sites (N-methyl/N-ethyl adjacent to an activating group) is 1. The van der Waals surface area contributed by atoms with Crippen molar-refractivity contribution in [1.82, 2.24) is 10.5 Å². The van der Waals surface area contributed by atoms with Crippen LogP contribution in [0.5, 0.6) is 5.75 Å². The van der Waals surface area contributed by atoms with Crippen LogP contribution < -0.4 is 10.1 Å². The first-order valence-corrected chi connectivity index (χ1v) is 8.05. The van der Waals surface area contributed by atoms with E-state index in [-0.39, 0.29) is 18.9 Å². The van der Waals surface area contributed by atoms with Crippen molar-refractivity contribution < 1.29 is 23.6 Å². The van der Waals surface area contributed by atoms with Crippen LogP contribution in [0.2, 0.25) is 0 Å². The number of aromatic nitrogens is 1. The van der Waals surface area contributed by atoms with Crippen molar-refractivity contribution in [3.8, 4) is 5.75 Å². The normalized spacial score (nSPS) is 10.4. The van der Waals surface area contributed by atoms with Gasteiger partial charge in [-0.1, -0.05) is 17.3 Å². The second-order valence-corrected chi connectivity index (χ2v) is 5.53. The van der Waals surface area contributed by atoms with Crippen LogP contribution in [-0.2, 0) is 27.4 Å². The van der Waals surface area contributed by atoms with Crippen molar-refractivity contribution >= 4 is 11.9 Å². The Balaban J connectivity index is 1.81. The van der Waals surface area contributed by atoms with Gasteiger partial charge in [0.15, 0.2) is 6.61 Å². The van der Waals surface area contributed by atoms with Crippen LogP contribution in [0.15, 0.2) is 28.8 Å². The van der Waals surface area contributed by atoms with Crippen LogP contribution in [-0.4, -0.2) is 30.2 Å². The molecule has 7 nitrogen and oxygen atoms in total. The van der Waals surface area contributed by atoms with Crippen molar-refractivity contribution in [3.05, 3.63) is 46.8 Å². The number of esters is 1. The lowest BCUT2D eigenvalue weighted by Crippen LogP contribution is -2.28. The maximum atomic E-state index is 11.7. The summed E-state index contributed by atoms with van der Waals surface area (Å²) >= 11 is 0. The fraction of sp³-hybridized carbons (Fsp3) is 0.389. The first kappa shape index (κ1) is 18.5. The van der Waals surface area contributed by atoms with Gasteiger partial charge in [0.2, 0.25) is 0 Å². The van der Waals surface area contributed by atoms with E-state index in [0.717, 1.165) is 22.6 Å². The molecule has 1 N–H and O–H groups in total. The summed E-state index contributed by atoms with van der Waals surface area (Å²) in [7, 11) is 0. The molecular formula is C18H22N2O5. The predicted molar refractivity (Wildman–Crippen MR) is 90.1 cm³/mol. The maximum Gasteiger partial charge on any atom is 0.310 e. The molecule has 2 rings (SSSR count). The van der Waals surface area contributed by atoms with Crippen molar-refractivity contribution in [1.29, 1.82) is 0 Å². The molecule has 7 heteroatoms. The highest BCUT2D eigenvalue weighted by Gasteiger charge is 2.10. The van der Waals surface area contributed by atoms with Crippen LogP contribution in [0.3, 0.4) is 0 Å². The highest BCUT2D eigenvalue weighted by atomic mass is 16.5. The van der Waals surface area contributed by atoms with Crippen LogP contribution >= 0.6 is 0 Å². The quantitative estimate of drug-likeness (QED) is 0.736. The largest absolute Gasteiger partial charge is 0.489 e. The zero-order valence-corrected chi connectivity index (χ0v) is 14.6. The third-order valence-corrected chi connectivity index (χ3v) is 3.57. The molecule has 1 aromatic heterocycles. The number of benzene rings is 1. The Kier molecular flexibility index (Phi) is 6.56. The molecule has 0 saturated heterocycles. The smallest absolute Gasteiger partial charge is 0.310 e. The van der Waals surface area contributed by atoms with Crippen LogP contribution in [0.4, 0.5) is 0 Å². The zero-order valence-electron chi connectivity index (χ0n) is 14.6. The van der Waals surface area contributed by atoms with Gasteiger partial charge in [0.25, 0.3) is 5.91 Å². The van der Waals surface area contributed by atoms with Crippen LogP contribution in [0.1, 0.15) is 29.5 Å². The van der Waals surface area contributed by atoms with E-state index in [2.05, 4.69) is 10.5 Å². The monoisotopic (exact) mass is 346 g/mol. The summed E-state index contributed by atoms with van der Waals surface area (Å²) in [5.74, 6) is 0.665. The summed E-state index contributed by atoms with van der Waals surface area (Å²) in [5, 5.41) is 6.44. The molecule has 0 saturated carbocycles. The fourth-order valence-corrected chi connectivity index (χ4v) is 2.18. The van der Waals surface area contributed by atoms with Crippen molar-refractivity contribution in [2.45, 2.75) is 33.8 Å². The third-order valence-electron chi connectivity index (χ3n) is 3.57. The Morgan fingerprint density at radius 1 is 1.20 bits per heavy atom. The molecule has 0 aliphatic carbocycles. The Morgan fingerprint density at radius 3 is 2.52 bits per heavy atom. The minimum Gasteiger partial charge on any atom is -0.489 e. The van der Waals surface area contributed by atoms with Crippen molar-refractivity contribution in [3.63, 3.8) is 0 Å². The van der Waals surface area contributed by atoms with Gasteiger partial charge >= 0.3 is 5.97 Å². The molecule has 25 heavy (non-hydrogen) atoms. The van der Waals surface area contributed by atoms with E-state index >= 15 is 0 Å². The van der Waals surface area contributed by atoms with E-state index in [1.54, 1.807) is 31.2 Å². The molecule has 0 radical (unpaired) electrons. The van der Waals surface area contributed by atoms with Crippen molar-refractivity contribution in [2.75, 3.05) is 13.2 Å². The number of nitrogens with one attached hydrogen (secondary N) is 1. The minimum atomic E-state index is -0.448. The molecule has 0 unspecified atom stereocenters. The summed E-state index contributed by atoms with van der Waals surface area (Å²) in [6, 6.07) is 7.14. The lowest BCUT2D eigenvalue weighted by Gasteiger charge is -2.08. The number of nitrogens with zero attached hydrogens (tertiary/aromatic N) is 1. The second-order valence-electron chi connectivity index (χ2n) is 5.53. The molecule has 1 heterocycles. The summed E-state index contributed by atoms with van der Waals surface area (Å²) in [6.45, 7) is 6.13. The van der Waals surface area contributed by atoms with Crippen molar-refractivity contribution in [2.24, 2.45) is 0 Å². The van der Waals surface area contributed by atoms with Gasteiger partial charge in [0, 0.05) is 6.54 Å². The predicted octanol–water partition coefficient (Wildman–Crippen LogP) is 2.09. The molecule has 0 aliphatic rings. The number of carbonyl (C=O) groups is 2. The van der Waals surface area contributed by atoms with Crippen LogP contribution in [0.25, 0.3) is 0 Å². The lowest BCUT2D eigenvalue weighted by atomic mass is 10.1. The van der Waals surface area contributed by atoms with Gasteiger partial charge in [0.05, 0.1) is 17.7 Å². The summed E-state index contributed by atoms with van der Waals surface area (Å²) < 4.78 is 15.7. The molecular weight excluding hydrogens is 324 g/mol. The second kappa shape index (κ2) is 8.86. The number of aryl methyl sites for hydroxylation is 2. The van der Waals surface area contributed by atoms with E-state index < -0.39 is 5.97 Å². The van der Waals surface area contributed by atoms with Gasteiger partial charge in [-0.2, -0.15) is 0 Å². The Labute approximate surface area is 146 Å². The Morgan fingerprint density at radius 2 is 1.92 bits per heavy atom. The standard InChI is InChI=1S/C18H22N2O5/c1-4-19-17(21)11-24-18(22)9-14-5-7-15(8-6-14)23-10-16-12(2)20-25-13(16)3/h5-8H,4,9-11H2,1-3H3,(H,19,21). The maximum absolute atomic E-state index is 11.7. The molecule has 0 fully saturated rings. The number of ether oxygens (including phenoxy) is 2. The topological polar surface area (TPSA) is 90.7 Å². The average molecular weight is 346 g/mol. The average Bonchev–Trinajstić information content (AvgIpc) is 2.91. The zero-order chi connectivity index (χ0) is 18.2. The number of rotatable bonds is 8. The van der Waals surface area contributed by atoms with E-state index in [4.69, 9.17) is 14.0 Å². The van der Waals surface area contributed by atoms with Gasteiger partial charge in [-0.25, -0.2) is 0 Å². The first-order valence-electron chi connectivity index (χ1n) is 8.05. The Hall–Kier alpha value is -2.83. The summed E-state index contributed by atoms with van der Waals surface area (Å²) in [5.41, 5.74) is 2.52.